The predicted molar refractivity (Wildman–Crippen MR) is 111 cm³/mol. The van der Waals surface area contributed by atoms with E-state index in [9.17, 15) is 5.11 Å². The number of ether oxygens (including phenoxy) is 1. The van der Waals surface area contributed by atoms with E-state index in [0.717, 1.165) is 24.0 Å². The lowest BCUT2D eigenvalue weighted by Gasteiger charge is -2.34. The highest BCUT2D eigenvalue weighted by molar-refractivity contribution is 9.10. The van der Waals surface area contributed by atoms with E-state index in [-0.39, 0.29) is 0 Å². The molecule has 0 amide bonds. The van der Waals surface area contributed by atoms with Crippen molar-refractivity contribution in [2.45, 2.75) is 51.4 Å². The lowest BCUT2D eigenvalue weighted by Crippen LogP contribution is -2.36. The van der Waals surface area contributed by atoms with Crippen LogP contribution in [0.3, 0.4) is 0 Å². The molecule has 0 aromatic heterocycles. The molecular weight excluding hydrogens is 390 g/mol. The lowest BCUT2D eigenvalue weighted by molar-refractivity contribution is 0.141. The van der Waals surface area contributed by atoms with Crippen LogP contribution in [-0.4, -0.2) is 43.4 Å². The molecule has 0 unspecified atom stereocenters. The molecule has 3 nitrogen and oxygen atoms in total. The number of halogens is 1. The number of methoxy groups -OCH3 is 1. The van der Waals surface area contributed by atoms with Crippen LogP contribution in [0.1, 0.15) is 50.5 Å². The number of hydrogen-bond donors (Lipinski definition) is 1. The maximum atomic E-state index is 9.27. The van der Waals surface area contributed by atoms with Crippen LogP contribution in [0.25, 0.3) is 0 Å². The minimum Gasteiger partial charge on any atom is -0.497 e. The van der Waals surface area contributed by atoms with Gasteiger partial charge in [0.1, 0.15) is 5.75 Å². The van der Waals surface area contributed by atoms with Crippen molar-refractivity contribution >= 4 is 15.9 Å². The number of aliphatic hydroxyl groups excluding tert-OH is 1. The van der Waals surface area contributed by atoms with Gasteiger partial charge in [0.2, 0.25) is 0 Å². The van der Waals surface area contributed by atoms with Crippen LogP contribution in [0.2, 0.25) is 0 Å². The van der Waals surface area contributed by atoms with E-state index in [1.165, 1.54) is 74.6 Å². The molecule has 3 rings (SSSR count). The van der Waals surface area contributed by atoms with Gasteiger partial charge in [0.05, 0.1) is 7.11 Å². The molecule has 1 heterocycles. The Morgan fingerprint density at radius 2 is 1.73 bits per heavy atom. The molecule has 0 atom stereocenters. The van der Waals surface area contributed by atoms with Gasteiger partial charge in [0.15, 0.2) is 0 Å². The topological polar surface area (TPSA) is 32.7 Å². The van der Waals surface area contributed by atoms with Crippen LogP contribution in [0.15, 0.2) is 22.7 Å². The molecule has 1 aromatic rings. The van der Waals surface area contributed by atoms with Crippen molar-refractivity contribution < 1.29 is 9.84 Å². The highest BCUT2D eigenvalue weighted by Crippen LogP contribution is 2.32. The molecular formula is C22H34BrNO2. The SMILES string of the molecule is COc1ccc(Br)c(CC2CCN(CCC3CCC(CO)CC3)CC2)c1. The van der Waals surface area contributed by atoms with E-state index in [1.807, 2.05) is 6.07 Å². The molecule has 146 valence electrons. The van der Waals surface area contributed by atoms with Gasteiger partial charge in [-0.2, -0.15) is 0 Å². The highest BCUT2D eigenvalue weighted by Gasteiger charge is 2.23. The van der Waals surface area contributed by atoms with Crippen molar-refractivity contribution in [3.63, 3.8) is 0 Å². The van der Waals surface area contributed by atoms with Gasteiger partial charge in [-0.1, -0.05) is 28.8 Å². The van der Waals surface area contributed by atoms with E-state index in [4.69, 9.17) is 4.74 Å². The first-order valence-electron chi connectivity index (χ1n) is 10.3. The smallest absolute Gasteiger partial charge is 0.119 e. The first-order valence-corrected chi connectivity index (χ1v) is 11.1. The molecule has 0 radical (unpaired) electrons. The molecule has 4 heteroatoms. The standard InChI is InChI=1S/C22H34BrNO2/c1-26-21-6-7-22(23)20(15-21)14-18-9-12-24(13-10-18)11-8-17-2-4-19(16-25)5-3-17/h6-7,15,17-19,25H,2-5,8-14,16H2,1H3. The largest absolute Gasteiger partial charge is 0.497 e. The van der Waals surface area contributed by atoms with Crippen molar-refractivity contribution in [1.82, 2.24) is 4.90 Å². The van der Waals surface area contributed by atoms with Gasteiger partial charge < -0.3 is 14.7 Å². The number of hydrogen-bond acceptors (Lipinski definition) is 3. The minimum absolute atomic E-state index is 0.392. The fourth-order valence-electron chi connectivity index (χ4n) is 4.63. The summed E-state index contributed by atoms with van der Waals surface area (Å²) in [6, 6.07) is 6.30. The normalized spacial score (nSPS) is 25.3. The molecule has 1 aliphatic carbocycles. The van der Waals surface area contributed by atoms with Crippen molar-refractivity contribution in [3.8, 4) is 5.75 Å². The summed E-state index contributed by atoms with van der Waals surface area (Å²) < 4.78 is 6.58. The number of likely N-dealkylation sites (tertiary alicyclic amines) is 1. The first kappa shape index (κ1) is 20.2. The number of rotatable bonds is 7. The summed E-state index contributed by atoms with van der Waals surface area (Å²) in [5.74, 6) is 3.22. The van der Waals surface area contributed by atoms with E-state index < -0.39 is 0 Å². The van der Waals surface area contributed by atoms with Gasteiger partial charge in [-0.05, 0) is 99.7 Å². The van der Waals surface area contributed by atoms with Crippen molar-refractivity contribution in [1.29, 1.82) is 0 Å². The van der Waals surface area contributed by atoms with Crippen LogP contribution in [0.4, 0.5) is 0 Å². The quantitative estimate of drug-likeness (QED) is 0.676. The van der Waals surface area contributed by atoms with Crippen LogP contribution in [-0.2, 0) is 6.42 Å². The number of aliphatic hydroxyl groups is 1. The Bertz CT molecular complexity index is 549. The molecule has 2 fully saturated rings. The summed E-state index contributed by atoms with van der Waals surface area (Å²) in [6.07, 6.45) is 10.2. The average molecular weight is 424 g/mol. The van der Waals surface area contributed by atoms with Crippen LogP contribution in [0, 0.1) is 17.8 Å². The zero-order valence-corrected chi connectivity index (χ0v) is 17.7. The molecule has 1 aromatic carbocycles. The molecule has 0 bridgehead atoms. The van der Waals surface area contributed by atoms with Crippen LogP contribution >= 0.6 is 15.9 Å². The van der Waals surface area contributed by atoms with Gasteiger partial charge in [-0.15, -0.1) is 0 Å². The van der Waals surface area contributed by atoms with Gasteiger partial charge in [0.25, 0.3) is 0 Å². The third-order valence-electron chi connectivity index (χ3n) is 6.55. The van der Waals surface area contributed by atoms with Gasteiger partial charge in [-0.25, -0.2) is 0 Å². The molecule has 1 N–H and O–H groups in total. The summed E-state index contributed by atoms with van der Waals surface area (Å²) in [6.45, 7) is 4.16. The Labute approximate surface area is 167 Å². The zero-order valence-electron chi connectivity index (χ0n) is 16.1. The summed E-state index contributed by atoms with van der Waals surface area (Å²) in [4.78, 5) is 2.68. The van der Waals surface area contributed by atoms with E-state index in [1.54, 1.807) is 7.11 Å². The fourth-order valence-corrected chi connectivity index (χ4v) is 5.04. The number of nitrogens with zero attached hydrogens (tertiary/aromatic N) is 1. The summed E-state index contributed by atoms with van der Waals surface area (Å²) in [5, 5.41) is 9.27. The first-order chi connectivity index (χ1) is 12.7. The number of piperidine rings is 1. The van der Waals surface area contributed by atoms with Crippen LogP contribution < -0.4 is 4.74 Å². The summed E-state index contributed by atoms with van der Waals surface area (Å²) in [5.41, 5.74) is 1.38. The maximum absolute atomic E-state index is 9.27. The lowest BCUT2D eigenvalue weighted by atomic mass is 9.80. The second kappa shape index (κ2) is 10.1. The van der Waals surface area contributed by atoms with E-state index >= 15 is 0 Å². The average Bonchev–Trinajstić information content (AvgIpc) is 2.69. The second-order valence-corrected chi connectivity index (χ2v) is 9.16. The molecule has 0 spiro atoms. The van der Waals surface area contributed by atoms with E-state index in [0.29, 0.717) is 12.5 Å². The van der Waals surface area contributed by atoms with Crippen molar-refractivity contribution in [2.75, 3.05) is 33.4 Å². The monoisotopic (exact) mass is 423 g/mol. The second-order valence-electron chi connectivity index (χ2n) is 8.30. The Morgan fingerprint density at radius 3 is 2.38 bits per heavy atom. The van der Waals surface area contributed by atoms with Crippen molar-refractivity contribution in [2.24, 2.45) is 17.8 Å². The third kappa shape index (κ3) is 5.71. The Balaban J connectivity index is 1.38. The Morgan fingerprint density at radius 1 is 1.04 bits per heavy atom. The Kier molecular flexibility index (Phi) is 7.83. The number of benzene rings is 1. The fraction of sp³-hybridized carbons (Fsp3) is 0.727. The zero-order chi connectivity index (χ0) is 18.4. The highest BCUT2D eigenvalue weighted by atomic mass is 79.9. The molecule has 26 heavy (non-hydrogen) atoms. The molecule has 1 saturated heterocycles. The predicted octanol–water partition coefficient (Wildman–Crippen LogP) is 4.90. The van der Waals surface area contributed by atoms with Crippen molar-refractivity contribution in [3.05, 3.63) is 28.2 Å². The van der Waals surface area contributed by atoms with Gasteiger partial charge >= 0.3 is 0 Å². The third-order valence-corrected chi connectivity index (χ3v) is 7.32. The Hall–Kier alpha value is -0.580. The van der Waals surface area contributed by atoms with E-state index in [2.05, 4.69) is 33.0 Å². The van der Waals surface area contributed by atoms with Gasteiger partial charge in [-0.3, -0.25) is 0 Å². The molecule has 1 saturated carbocycles. The molecule has 1 aliphatic heterocycles. The van der Waals surface area contributed by atoms with Crippen LogP contribution in [0.5, 0.6) is 5.75 Å². The molecule has 2 aliphatic rings. The van der Waals surface area contributed by atoms with Gasteiger partial charge in [0, 0.05) is 11.1 Å². The summed E-state index contributed by atoms with van der Waals surface area (Å²) in [7, 11) is 1.74. The maximum Gasteiger partial charge on any atom is 0.119 e. The summed E-state index contributed by atoms with van der Waals surface area (Å²) >= 11 is 3.69. The minimum atomic E-state index is 0.392.